The van der Waals surface area contributed by atoms with Crippen LogP contribution in [0.1, 0.15) is 27.7 Å². The molecule has 4 nitrogen and oxygen atoms in total. The van der Waals surface area contributed by atoms with E-state index in [1.807, 2.05) is 27.7 Å². The van der Waals surface area contributed by atoms with Crippen molar-refractivity contribution in [3.63, 3.8) is 0 Å². The number of nitrogens with zero attached hydrogens (tertiary/aromatic N) is 1. The lowest BCUT2D eigenvalue weighted by Gasteiger charge is -2.27. The number of rotatable bonds is 4. The Balaban J connectivity index is 3.11. The van der Waals surface area contributed by atoms with Crippen LogP contribution in [0.5, 0.6) is 0 Å². The Morgan fingerprint density at radius 3 is 2.33 bits per heavy atom. The first-order chi connectivity index (χ1) is 8.15. The summed E-state index contributed by atoms with van der Waals surface area (Å²) in [6, 6.07) is 6.96. The summed E-state index contributed by atoms with van der Waals surface area (Å²) >= 11 is 0. The molecule has 0 spiro atoms. The van der Waals surface area contributed by atoms with Crippen LogP contribution in [-0.4, -0.2) is 20.7 Å². The molecule has 2 N–H and O–H groups in total. The highest BCUT2D eigenvalue weighted by Crippen LogP contribution is 2.25. The van der Waals surface area contributed by atoms with Crippen molar-refractivity contribution < 1.29 is 8.42 Å². The van der Waals surface area contributed by atoms with Gasteiger partial charge in [-0.3, -0.25) is 4.31 Å². The zero-order chi connectivity index (χ0) is 14.0. The summed E-state index contributed by atoms with van der Waals surface area (Å²) in [5, 5.41) is 0. The molecule has 0 amide bonds. The molecule has 0 saturated heterocycles. The molecule has 0 aliphatic rings. The van der Waals surface area contributed by atoms with Crippen LogP contribution in [0.2, 0.25) is 0 Å². The maximum atomic E-state index is 12.4. The zero-order valence-electron chi connectivity index (χ0n) is 11.5. The molecule has 1 aromatic carbocycles. The molecule has 0 heterocycles. The maximum Gasteiger partial charge on any atom is 0.235 e. The molecular weight excluding hydrogens is 248 g/mol. The minimum absolute atomic E-state index is 0.114. The molecular formula is C13H22N2O2S. The van der Waals surface area contributed by atoms with Gasteiger partial charge in [-0.05, 0) is 30.5 Å². The Bertz CT molecular complexity index is 504. The van der Waals surface area contributed by atoms with E-state index in [0.29, 0.717) is 17.9 Å². The van der Waals surface area contributed by atoms with Gasteiger partial charge in [0.05, 0.1) is 11.4 Å². The van der Waals surface area contributed by atoms with Gasteiger partial charge in [0.15, 0.2) is 0 Å². The van der Waals surface area contributed by atoms with E-state index >= 15 is 0 Å². The summed E-state index contributed by atoms with van der Waals surface area (Å²) in [7, 11) is -3.32. The van der Waals surface area contributed by atoms with Gasteiger partial charge in [0, 0.05) is 12.2 Å². The van der Waals surface area contributed by atoms with Gasteiger partial charge in [0.1, 0.15) is 0 Å². The van der Waals surface area contributed by atoms with Crippen molar-refractivity contribution in [3.8, 4) is 0 Å². The van der Waals surface area contributed by atoms with Gasteiger partial charge < -0.3 is 5.73 Å². The van der Waals surface area contributed by atoms with Gasteiger partial charge in [-0.15, -0.1) is 0 Å². The highest BCUT2D eigenvalue weighted by molar-refractivity contribution is 7.92. The lowest BCUT2D eigenvalue weighted by molar-refractivity contribution is 0.461. The number of anilines is 2. The molecule has 1 aromatic rings. The summed E-state index contributed by atoms with van der Waals surface area (Å²) in [6.07, 6.45) is 0. The second-order valence-corrected chi connectivity index (χ2v) is 7.47. The first-order valence-corrected chi connectivity index (χ1v) is 7.62. The first-order valence-electron chi connectivity index (χ1n) is 6.02. The van der Waals surface area contributed by atoms with E-state index in [1.165, 1.54) is 4.31 Å². The lowest BCUT2D eigenvalue weighted by atomic mass is 10.0. The fourth-order valence-electron chi connectivity index (χ4n) is 1.84. The molecule has 0 aliphatic heterocycles. The fourth-order valence-corrected chi connectivity index (χ4v) is 3.92. The lowest BCUT2D eigenvalue weighted by Crippen LogP contribution is -2.37. The molecule has 18 heavy (non-hydrogen) atoms. The third-order valence-corrected chi connectivity index (χ3v) is 4.77. The second kappa shape index (κ2) is 5.18. The smallest absolute Gasteiger partial charge is 0.235 e. The van der Waals surface area contributed by atoms with E-state index in [4.69, 9.17) is 5.73 Å². The molecule has 0 radical (unpaired) electrons. The zero-order valence-corrected chi connectivity index (χ0v) is 12.3. The number of nitrogens with two attached hydrogens (primary N) is 1. The molecule has 0 aliphatic carbocycles. The molecule has 0 aromatic heterocycles. The summed E-state index contributed by atoms with van der Waals surface area (Å²) < 4.78 is 26.2. The molecule has 0 saturated carbocycles. The van der Waals surface area contributed by atoms with Crippen molar-refractivity contribution in [1.29, 1.82) is 0 Å². The number of nitrogen functional groups attached to an aromatic ring is 1. The van der Waals surface area contributed by atoms with Crippen LogP contribution >= 0.6 is 0 Å². The van der Waals surface area contributed by atoms with Crippen molar-refractivity contribution in [2.75, 3.05) is 22.3 Å². The number of sulfonamides is 1. The van der Waals surface area contributed by atoms with Crippen LogP contribution in [0.3, 0.4) is 0 Å². The SMILES string of the molecule is CCN(c1cccc(N)c1)S(=O)(=O)CC(C)(C)C. The minimum Gasteiger partial charge on any atom is -0.399 e. The predicted octanol–water partition coefficient (Wildman–Crippen LogP) is 2.47. The van der Waals surface area contributed by atoms with Crippen molar-refractivity contribution in [2.45, 2.75) is 27.7 Å². The summed E-state index contributed by atoms with van der Waals surface area (Å²) in [5.74, 6) is 0.114. The Morgan fingerprint density at radius 2 is 1.89 bits per heavy atom. The average molecular weight is 270 g/mol. The Kier molecular flexibility index (Phi) is 4.27. The molecule has 1 rings (SSSR count). The van der Waals surface area contributed by atoms with Crippen molar-refractivity contribution in [1.82, 2.24) is 0 Å². The summed E-state index contributed by atoms with van der Waals surface area (Å²) in [5.41, 5.74) is 6.62. The Hall–Kier alpha value is -1.23. The largest absolute Gasteiger partial charge is 0.399 e. The van der Waals surface area contributed by atoms with Crippen molar-refractivity contribution in [2.24, 2.45) is 5.41 Å². The maximum absolute atomic E-state index is 12.4. The quantitative estimate of drug-likeness (QED) is 0.855. The van der Waals surface area contributed by atoms with Crippen LogP contribution in [-0.2, 0) is 10.0 Å². The molecule has 0 bridgehead atoms. The second-order valence-electron chi connectivity index (χ2n) is 5.58. The molecule has 0 unspecified atom stereocenters. The number of hydrogen-bond donors (Lipinski definition) is 1. The van der Waals surface area contributed by atoms with E-state index in [0.717, 1.165) is 0 Å². The molecule has 0 atom stereocenters. The van der Waals surface area contributed by atoms with E-state index in [9.17, 15) is 8.42 Å². The normalized spacial score (nSPS) is 12.4. The summed E-state index contributed by atoms with van der Waals surface area (Å²) in [4.78, 5) is 0. The highest BCUT2D eigenvalue weighted by atomic mass is 32.2. The van der Waals surface area contributed by atoms with Crippen LogP contribution < -0.4 is 10.0 Å². The van der Waals surface area contributed by atoms with E-state index in [1.54, 1.807) is 24.3 Å². The molecule has 102 valence electrons. The van der Waals surface area contributed by atoms with Crippen LogP contribution in [0, 0.1) is 5.41 Å². The van der Waals surface area contributed by atoms with Crippen LogP contribution in [0.15, 0.2) is 24.3 Å². The van der Waals surface area contributed by atoms with E-state index in [-0.39, 0.29) is 11.2 Å². The highest BCUT2D eigenvalue weighted by Gasteiger charge is 2.27. The third kappa shape index (κ3) is 3.91. The Morgan fingerprint density at radius 1 is 1.28 bits per heavy atom. The monoisotopic (exact) mass is 270 g/mol. The predicted molar refractivity (Wildman–Crippen MR) is 77.1 cm³/mol. The van der Waals surface area contributed by atoms with Crippen LogP contribution in [0.4, 0.5) is 11.4 Å². The molecule has 0 fully saturated rings. The van der Waals surface area contributed by atoms with Gasteiger partial charge in [-0.1, -0.05) is 26.8 Å². The van der Waals surface area contributed by atoms with E-state index < -0.39 is 10.0 Å². The van der Waals surface area contributed by atoms with Gasteiger partial charge >= 0.3 is 0 Å². The van der Waals surface area contributed by atoms with Crippen molar-refractivity contribution in [3.05, 3.63) is 24.3 Å². The van der Waals surface area contributed by atoms with Gasteiger partial charge in [-0.2, -0.15) is 0 Å². The fraction of sp³-hybridized carbons (Fsp3) is 0.538. The van der Waals surface area contributed by atoms with Crippen molar-refractivity contribution >= 4 is 21.4 Å². The average Bonchev–Trinajstić information content (AvgIpc) is 2.13. The van der Waals surface area contributed by atoms with E-state index in [2.05, 4.69) is 0 Å². The standard InChI is InChI=1S/C13H22N2O2S/c1-5-15(12-8-6-7-11(14)9-12)18(16,17)10-13(2,3)4/h6-9H,5,10,14H2,1-4H3. The number of benzene rings is 1. The van der Waals surface area contributed by atoms with Gasteiger partial charge in [-0.25, -0.2) is 8.42 Å². The first kappa shape index (κ1) is 14.8. The minimum atomic E-state index is -3.32. The Labute approximate surface area is 110 Å². The third-order valence-electron chi connectivity index (χ3n) is 2.40. The number of hydrogen-bond acceptors (Lipinski definition) is 3. The summed E-state index contributed by atoms with van der Waals surface area (Å²) in [6.45, 7) is 7.97. The topological polar surface area (TPSA) is 63.4 Å². The van der Waals surface area contributed by atoms with Crippen LogP contribution in [0.25, 0.3) is 0 Å². The van der Waals surface area contributed by atoms with Gasteiger partial charge in [0.25, 0.3) is 0 Å². The van der Waals surface area contributed by atoms with Gasteiger partial charge in [0.2, 0.25) is 10.0 Å². The molecule has 5 heteroatoms.